The number of carbonyl (C=O) groups excluding carboxylic acids is 1. The Labute approximate surface area is 214 Å². The Kier molecular flexibility index (Phi) is 8.74. The minimum Gasteiger partial charge on any atom is -0.343 e. The van der Waals surface area contributed by atoms with Gasteiger partial charge in [-0.1, -0.05) is 36.2 Å². The Morgan fingerprint density at radius 2 is 1.61 bits per heavy atom. The first-order valence-electron chi connectivity index (χ1n) is 13.3. The van der Waals surface area contributed by atoms with Crippen molar-refractivity contribution in [1.82, 2.24) is 14.7 Å². The van der Waals surface area contributed by atoms with Crippen molar-refractivity contribution < 1.29 is 9.18 Å². The van der Waals surface area contributed by atoms with E-state index in [0.717, 1.165) is 37.2 Å². The molecule has 1 aliphatic heterocycles. The molecule has 0 radical (unpaired) electrons. The summed E-state index contributed by atoms with van der Waals surface area (Å²) in [5.74, 6) is 0.0329. The van der Waals surface area contributed by atoms with E-state index in [1.165, 1.54) is 78.6 Å². The third-order valence-corrected chi connectivity index (χ3v) is 7.13. The summed E-state index contributed by atoms with van der Waals surface area (Å²) in [5.41, 5.74) is 8.46. The van der Waals surface area contributed by atoms with Gasteiger partial charge in [-0.2, -0.15) is 5.10 Å². The second kappa shape index (κ2) is 12.2. The normalized spacial score (nSPS) is 17.0. The number of rotatable bonds is 2. The Bertz CT molecular complexity index is 1200. The molecule has 2 aliphatic rings. The van der Waals surface area contributed by atoms with Crippen molar-refractivity contribution in [1.29, 1.82) is 0 Å². The zero-order valence-corrected chi connectivity index (χ0v) is 21.9. The van der Waals surface area contributed by atoms with Gasteiger partial charge in [0.25, 0.3) is 0 Å². The van der Waals surface area contributed by atoms with E-state index in [1.54, 1.807) is 6.92 Å². The third kappa shape index (κ3) is 6.51. The standard InChI is InChI=1S/C24H25FN2.C7H13NO/c1-17-8-13-23(18(2)14-17)27-24-20(15-19-9-11-22(25)12-10-19)6-4-3-5-7-21(24)16-26-27;1-7(9)8-5-3-2-4-6-8/h8-16H,3-7H2,1-2H3;2-6H2,1H3/b20-15+;. The number of halogens is 1. The lowest BCUT2D eigenvalue weighted by Crippen LogP contribution is -2.33. The number of aromatic nitrogens is 2. The molecule has 2 aromatic carbocycles. The Morgan fingerprint density at radius 3 is 2.28 bits per heavy atom. The van der Waals surface area contributed by atoms with Crippen molar-refractivity contribution in [3.63, 3.8) is 0 Å². The lowest BCUT2D eigenvalue weighted by molar-refractivity contribution is -0.129. The summed E-state index contributed by atoms with van der Waals surface area (Å²) in [6.07, 6.45) is 13.6. The fourth-order valence-electron chi connectivity index (χ4n) is 5.17. The van der Waals surface area contributed by atoms with Gasteiger partial charge in [0.2, 0.25) is 5.91 Å². The number of hydrogen-bond donors (Lipinski definition) is 0. The molecule has 3 aromatic rings. The average molecular weight is 488 g/mol. The van der Waals surface area contributed by atoms with Crippen LogP contribution in [0.3, 0.4) is 0 Å². The number of fused-ring (bicyclic) bond motifs is 1. The number of likely N-dealkylation sites (tertiary alicyclic amines) is 1. The second-order valence-electron chi connectivity index (χ2n) is 10.1. The van der Waals surface area contributed by atoms with Gasteiger partial charge >= 0.3 is 0 Å². The Balaban J connectivity index is 0.000000286. The predicted octanol–water partition coefficient (Wildman–Crippen LogP) is 7.30. The fraction of sp³-hybridized carbons (Fsp3) is 0.419. The molecule has 36 heavy (non-hydrogen) atoms. The van der Waals surface area contributed by atoms with E-state index in [9.17, 15) is 9.18 Å². The van der Waals surface area contributed by atoms with E-state index in [2.05, 4.69) is 42.8 Å². The number of benzene rings is 2. The number of amides is 1. The minimum absolute atomic E-state index is 0.198. The summed E-state index contributed by atoms with van der Waals surface area (Å²) in [6, 6.07) is 13.2. The van der Waals surface area contributed by atoms with Gasteiger partial charge in [-0.25, -0.2) is 9.07 Å². The fourth-order valence-corrected chi connectivity index (χ4v) is 5.17. The number of nitrogens with zero attached hydrogens (tertiary/aromatic N) is 3. The molecule has 190 valence electrons. The zero-order chi connectivity index (χ0) is 25.5. The highest BCUT2D eigenvalue weighted by atomic mass is 19.1. The molecule has 0 saturated carbocycles. The molecule has 0 unspecified atom stereocenters. The van der Waals surface area contributed by atoms with Crippen molar-refractivity contribution in [2.45, 2.75) is 72.1 Å². The van der Waals surface area contributed by atoms with Gasteiger partial charge in [0.05, 0.1) is 17.6 Å². The van der Waals surface area contributed by atoms with Crippen LogP contribution < -0.4 is 0 Å². The van der Waals surface area contributed by atoms with Gasteiger partial charge in [-0.15, -0.1) is 0 Å². The lowest BCUT2D eigenvalue weighted by Gasteiger charge is -2.24. The second-order valence-corrected chi connectivity index (χ2v) is 10.1. The molecule has 0 atom stereocenters. The average Bonchev–Trinajstić information content (AvgIpc) is 3.26. The number of hydrogen-bond acceptors (Lipinski definition) is 2. The van der Waals surface area contributed by atoms with Crippen LogP contribution in [0, 0.1) is 19.7 Å². The van der Waals surface area contributed by atoms with Crippen molar-refractivity contribution in [3.8, 4) is 5.69 Å². The first-order valence-corrected chi connectivity index (χ1v) is 13.3. The molecule has 5 rings (SSSR count). The van der Waals surface area contributed by atoms with Crippen LogP contribution in [0.2, 0.25) is 0 Å². The van der Waals surface area contributed by atoms with Crippen LogP contribution in [0.5, 0.6) is 0 Å². The van der Waals surface area contributed by atoms with Crippen molar-refractivity contribution in [2.75, 3.05) is 13.1 Å². The number of piperidine rings is 1. The van der Waals surface area contributed by atoms with Crippen LogP contribution in [0.25, 0.3) is 17.3 Å². The van der Waals surface area contributed by atoms with Crippen LogP contribution in [0.1, 0.15) is 79.8 Å². The summed E-state index contributed by atoms with van der Waals surface area (Å²) < 4.78 is 15.4. The molecule has 4 nitrogen and oxygen atoms in total. The molecule has 0 N–H and O–H groups in total. The highest BCUT2D eigenvalue weighted by molar-refractivity contribution is 5.82. The van der Waals surface area contributed by atoms with Gasteiger partial charge in [0, 0.05) is 20.0 Å². The molecule has 0 spiro atoms. The summed E-state index contributed by atoms with van der Waals surface area (Å²) in [7, 11) is 0. The van der Waals surface area contributed by atoms with Crippen molar-refractivity contribution in [3.05, 3.63) is 82.4 Å². The summed E-state index contributed by atoms with van der Waals surface area (Å²) in [6.45, 7) is 7.86. The number of carbonyl (C=O) groups is 1. The largest absolute Gasteiger partial charge is 0.343 e. The summed E-state index contributed by atoms with van der Waals surface area (Å²) in [5, 5.41) is 4.76. The van der Waals surface area contributed by atoms with Crippen LogP contribution >= 0.6 is 0 Å². The summed E-state index contributed by atoms with van der Waals surface area (Å²) >= 11 is 0. The number of aryl methyl sites for hydroxylation is 3. The molecular weight excluding hydrogens is 449 g/mol. The molecule has 1 fully saturated rings. The monoisotopic (exact) mass is 487 g/mol. The van der Waals surface area contributed by atoms with Crippen LogP contribution in [-0.4, -0.2) is 33.7 Å². The van der Waals surface area contributed by atoms with Gasteiger partial charge in [-0.05, 0) is 105 Å². The maximum absolute atomic E-state index is 13.3. The predicted molar refractivity (Wildman–Crippen MR) is 146 cm³/mol. The van der Waals surface area contributed by atoms with E-state index in [0.29, 0.717) is 0 Å². The van der Waals surface area contributed by atoms with E-state index in [1.807, 2.05) is 23.2 Å². The van der Waals surface area contributed by atoms with Gasteiger partial charge in [-0.3, -0.25) is 4.79 Å². The van der Waals surface area contributed by atoms with E-state index in [-0.39, 0.29) is 11.7 Å². The SMILES string of the molecule is CC(=O)N1CCCCC1.Cc1ccc(-n2ncc3c2/C(=C/c2ccc(F)cc2)CCCCC3)c(C)c1. The molecule has 0 bridgehead atoms. The van der Waals surface area contributed by atoms with Gasteiger partial charge in [0.15, 0.2) is 0 Å². The molecular formula is C31H38FN3O. The van der Waals surface area contributed by atoms with Crippen LogP contribution in [-0.2, 0) is 11.2 Å². The third-order valence-electron chi connectivity index (χ3n) is 7.13. The molecule has 1 aliphatic carbocycles. The highest BCUT2D eigenvalue weighted by Gasteiger charge is 2.19. The smallest absolute Gasteiger partial charge is 0.219 e. The Morgan fingerprint density at radius 1 is 0.917 bits per heavy atom. The maximum atomic E-state index is 13.3. The molecule has 2 heterocycles. The first-order chi connectivity index (χ1) is 17.4. The molecule has 1 aromatic heterocycles. The van der Waals surface area contributed by atoms with Crippen LogP contribution in [0.15, 0.2) is 48.7 Å². The van der Waals surface area contributed by atoms with Gasteiger partial charge in [0.1, 0.15) is 5.82 Å². The Hall–Kier alpha value is -3.21. The number of allylic oxidation sites excluding steroid dienone is 1. The van der Waals surface area contributed by atoms with Gasteiger partial charge < -0.3 is 4.90 Å². The topological polar surface area (TPSA) is 38.1 Å². The molecule has 1 saturated heterocycles. The molecule has 1 amide bonds. The van der Waals surface area contributed by atoms with Crippen molar-refractivity contribution >= 4 is 17.6 Å². The van der Waals surface area contributed by atoms with E-state index >= 15 is 0 Å². The zero-order valence-electron chi connectivity index (χ0n) is 21.9. The summed E-state index contributed by atoms with van der Waals surface area (Å²) in [4.78, 5) is 12.6. The van der Waals surface area contributed by atoms with Crippen LogP contribution in [0.4, 0.5) is 4.39 Å². The van der Waals surface area contributed by atoms with E-state index in [4.69, 9.17) is 5.10 Å². The first kappa shape index (κ1) is 25.9. The highest BCUT2D eigenvalue weighted by Crippen LogP contribution is 2.33. The minimum atomic E-state index is -0.198. The lowest BCUT2D eigenvalue weighted by atomic mass is 9.93. The maximum Gasteiger partial charge on any atom is 0.219 e. The van der Waals surface area contributed by atoms with Crippen molar-refractivity contribution in [2.24, 2.45) is 0 Å². The quantitative estimate of drug-likeness (QED) is 0.380. The van der Waals surface area contributed by atoms with E-state index < -0.39 is 0 Å². The molecule has 5 heteroatoms.